The van der Waals surface area contributed by atoms with Crippen molar-refractivity contribution in [1.82, 2.24) is 29.5 Å². The molecule has 0 atom stereocenters. The second kappa shape index (κ2) is 9.78. The van der Waals surface area contributed by atoms with Gasteiger partial charge >= 0.3 is 0 Å². The van der Waals surface area contributed by atoms with E-state index in [1.54, 1.807) is 18.0 Å². The molecule has 0 saturated carbocycles. The summed E-state index contributed by atoms with van der Waals surface area (Å²) in [5, 5.41) is 4.52. The smallest absolute Gasteiger partial charge is 0.257 e. The van der Waals surface area contributed by atoms with Crippen molar-refractivity contribution in [2.24, 2.45) is 0 Å². The summed E-state index contributed by atoms with van der Waals surface area (Å²) >= 11 is 0. The summed E-state index contributed by atoms with van der Waals surface area (Å²) < 4.78 is 7.12. The molecule has 0 unspecified atom stereocenters. The number of ether oxygens (including phenoxy) is 1. The Morgan fingerprint density at radius 2 is 1.76 bits per heavy atom. The highest BCUT2D eigenvalue weighted by atomic mass is 16.5. The van der Waals surface area contributed by atoms with Gasteiger partial charge in [-0.3, -0.25) is 9.69 Å². The molecule has 0 spiro atoms. The van der Waals surface area contributed by atoms with Crippen molar-refractivity contribution in [3.8, 4) is 23.0 Å². The fourth-order valence-electron chi connectivity index (χ4n) is 5.25. The average molecular weight is 495 g/mol. The third-order valence-corrected chi connectivity index (χ3v) is 7.43. The van der Waals surface area contributed by atoms with E-state index in [-0.39, 0.29) is 5.91 Å². The molecule has 4 aromatic rings. The zero-order valence-electron chi connectivity index (χ0n) is 21.2. The lowest BCUT2D eigenvalue weighted by molar-refractivity contribution is 0.0627. The Kier molecular flexibility index (Phi) is 6.18. The molecular formula is C29H30N6O2. The van der Waals surface area contributed by atoms with Crippen LogP contribution in [-0.2, 0) is 19.4 Å². The minimum absolute atomic E-state index is 0.0103. The van der Waals surface area contributed by atoms with Gasteiger partial charge in [0.05, 0.1) is 30.3 Å². The number of piperazine rings is 1. The second-order valence-corrected chi connectivity index (χ2v) is 9.68. The first kappa shape index (κ1) is 23.4. The SMILES string of the molecule is COc1ccc2c(c1)-c1nc(-n3ncc(C(=O)N4CCN(Cc5ccccc5)CC4)c3C)ncc1CC2. The van der Waals surface area contributed by atoms with E-state index in [1.807, 2.05) is 36.2 Å². The molecule has 1 amide bonds. The molecule has 1 aliphatic heterocycles. The molecule has 0 bridgehead atoms. The Morgan fingerprint density at radius 3 is 2.54 bits per heavy atom. The van der Waals surface area contributed by atoms with Gasteiger partial charge in [0.2, 0.25) is 0 Å². The van der Waals surface area contributed by atoms with E-state index >= 15 is 0 Å². The summed E-state index contributed by atoms with van der Waals surface area (Å²) in [7, 11) is 1.67. The van der Waals surface area contributed by atoms with E-state index in [0.29, 0.717) is 24.6 Å². The van der Waals surface area contributed by atoms with Crippen LogP contribution in [0.25, 0.3) is 17.2 Å². The molecule has 37 heavy (non-hydrogen) atoms. The molecular weight excluding hydrogens is 464 g/mol. The van der Waals surface area contributed by atoms with Crippen LogP contribution in [0.5, 0.6) is 5.75 Å². The van der Waals surface area contributed by atoms with Crippen molar-refractivity contribution >= 4 is 5.91 Å². The summed E-state index contributed by atoms with van der Waals surface area (Å²) in [5.74, 6) is 1.29. The maximum Gasteiger partial charge on any atom is 0.257 e. The fourth-order valence-corrected chi connectivity index (χ4v) is 5.25. The Hall–Kier alpha value is -4.04. The number of rotatable bonds is 5. The van der Waals surface area contributed by atoms with Gasteiger partial charge in [0, 0.05) is 44.5 Å². The van der Waals surface area contributed by atoms with Gasteiger partial charge in [-0.1, -0.05) is 36.4 Å². The number of aryl methyl sites for hydroxylation is 2. The number of carbonyl (C=O) groups excluding carboxylic acids is 1. The second-order valence-electron chi connectivity index (χ2n) is 9.68. The summed E-state index contributed by atoms with van der Waals surface area (Å²) in [5.41, 5.74) is 6.97. The van der Waals surface area contributed by atoms with Gasteiger partial charge in [-0.25, -0.2) is 14.6 Å². The van der Waals surface area contributed by atoms with Gasteiger partial charge in [-0.15, -0.1) is 0 Å². The first-order chi connectivity index (χ1) is 18.1. The highest BCUT2D eigenvalue weighted by Gasteiger charge is 2.26. The van der Waals surface area contributed by atoms with Crippen LogP contribution in [0.1, 0.15) is 32.7 Å². The number of methoxy groups -OCH3 is 1. The highest BCUT2D eigenvalue weighted by molar-refractivity contribution is 5.95. The first-order valence-electron chi connectivity index (χ1n) is 12.7. The molecule has 8 nitrogen and oxygen atoms in total. The minimum Gasteiger partial charge on any atom is -0.497 e. The van der Waals surface area contributed by atoms with Gasteiger partial charge in [0.15, 0.2) is 0 Å². The number of carbonyl (C=O) groups is 1. The average Bonchev–Trinajstić information content (AvgIpc) is 3.34. The molecule has 0 radical (unpaired) electrons. The van der Waals surface area contributed by atoms with Crippen molar-refractivity contribution in [3.63, 3.8) is 0 Å². The Bertz CT molecular complexity index is 1440. The van der Waals surface area contributed by atoms with Crippen LogP contribution in [0.15, 0.2) is 60.9 Å². The summed E-state index contributed by atoms with van der Waals surface area (Å²) in [4.78, 5) is 27.2. The van der Waals surface area contributed by atoms with Gasteiger partial charge < -0.3 is 9.64 Å². The van der Waals surface area contributed by atoms with E-state index in [4.69, 9.17) is 9.72 Å². The number of amides is 1. The van der Waals surface area contributed by atoms with Crippen molar-refractivity contribution in [2.75, 3.05) is 33.3 Å². The van der Waals surface area contributed by atoms with Gasteiger partial charge in [0.25, 0.3) is 11.9 Å². The summed E-state index contributed by atoms with van der Waals surface area (Å²) in [6, 6.07) is 16.6. The topological polar surface area (TPSA) is 76.4 Å². The van der Waals surface area contributed by atoms with Crippen LogP contribution < -0.4 is 4.74 Å². The van der Waals surface area contributed by atoms with E-state index in [2.05, 4.69) is 45.3 Å². The number of fused-ring (bicyclic) bond motifs is 3. The quantitative estimate of drug-likeness (QED) is 0.421. The van der Waals surface area contributed by atoms with Crippen molar-refractivity contribution in [2.45, 2.75) is 26.3 Å². The third-order valence-electron chi connectivity index (χ3n) is 7.43. The van der Waals surface area contributed by atoms with Gasteiger partial charge in [-0.05, 0) is 48.6 Å². The van der Waals surface area contributed by atoms with Crippen LogP contribution in [0.4, 0.5) is 0 Å². The first-order valence-corrected chi connectivity index (χ1v) is 12.7. The maximum absolute atomic E-state index is 13.4. The van der Waals surface area contributed by atoms with Crippen LogP contribution in [0.2, 0.25) is 0 Å². The standard InChI is InChI=1S/C29H30N6O2/c1-20-26(28(36)34-14-12-33(13-15-34)19-21-6-4-3-5-7-21)18-31-35(20)29-30-17-23-9-8-22-10-11-24(37-2)16-25(22)27(23)32-29/h3-7,10-11,16-18H,8-9,12-15,19H2,1-2H3. The zero-order chi connectivity index (χ0) is 25.4. The fraction of sp³-hybridized carbons (Fsp3) is 0.310. The number of nitrogens with zero attached hydrogens (tertiary/aromatic N) is 6. The highest BCUT2D eigenvalue weighted by Crippen LogP contribution is 2.34. The third kappa shape index (κ3) is 4.49. The Labute approximate surface area is 216 Å². The zero-order valence-corrected chi connectivity index (χ0v) is 21.2. The maximum atomic E-state index is 13.4. The van der Waals surface area contributed by atoms with Crippen molar-refractivity contribution in [1.29, 1.82) is 0 Å². The molecule has 8 heteroatoms. The molecule has 1 fully saturated rings. The van der Waals surface area contributed by atoms with E-state index < -0.39 is 0 Å². The molecule has 3 heterocycles. The lowest BCUT2D eigenvalue weighted by Crippen LogP contribution is -2.48. The Morgan fingerprint density at radius 1 is 0.973 bits per heavy atom. The molecule has 2 aromatic heterocycles. The number of benzene rings is 2. The number of hydrogen-bond donors (Lipinski definition) is 0. The molecule has 6 rings (SSSR count). The van der Waals surface area contributed by atoms with Crippen LogP contribution >= 0.6 is 0 Å². The van der Waals surface area contributed by atoms with E-state index in [1.165, 1.54) is 11.1 Å². The van der Waals surface area contributed by atoms with Crippen molar-refractivity contribution in [3.05, 3.63) is 88.9 Å². The molecule has 188 valence electrons. The number of hydrogen-bond acceptors (Lipinski definition) is 6. The summed E-state index contributed by atoms with van der Waals surface area (Å²) in [6.45, 7) is 5.92. The predicted molar refractivity (Wildman–Crippen MR) is 141 cm³/mol. The van der Waals surface area contributed by atoms with Gasteiger partial charge in [0.1, 0.15) is 5.75 Å². The number of aromatic nitrogens is 4. The Balaban J connectivity index is 1.20. The monoisotopic (exact) mass is 494 g/mol. The van der Waals surface area contributed by atoms with E-state index in [9.17, 15) is 4.79 Å². The molecule has 2 aromatic carbocycles. The van der Waals surface area contributed by atoms with E-state index in [0.717, 1.165) is 60.7 Å². The van der Waals surface area contributed by atoms with Crippen molar-refractivity contribution < 1.29 is 9.53 Å². The summed E-state index contributed by atoms with van der Waals surface area (Å²) in [6.07, 6.45) is 5.38. The van der Waals surface area contributed by atoms with Crippen LogP contribution in [-0.4, -0.2) is 68.7 Å². The molecule has 1 aliphatic carbocycles. The molecule has 2 aliphatic rings. The largest absolute Gasteiger partial charge is 0.497 e. The predicted octanol–water partition coefficient (Wildman–Crippen LogP) is 3.70. The minimum atomic E-state index is 0.0103. The molecule has 1 saturated heterocycles. The van der Waals surface area contributed by atoms with Crippen LogP contribution in [0, 0.1) is 6.92 Å². The lowest BCUT2D eigenvalue weighted by atomic mass is 9.90. The molecule has 0 N–H and O–H groups in total. The van der Waals surface area contributed by atoms with Gasteiger partial charge in [-0.2, -0.15) is 5.10 Å². The van der Waals surface area contributed by atoms with Crippen LogP contribution in [0.3, 0.4) is 0 Å². The normalized spacial score (nSPS) is 15.2. The lowest BCUT2D eigenvalue weighted by Gasteiger charge is -2.34.